The maximum atomic E-state index is 10.7. The van der Waals surface area contributed by atoms with E-state index in [0.717, 1.165) is 11.8 Å². The SMILES string of the molecule is CC(=O)[C@@H]1C[C@H]1C1CC1. The molecule has 0 bridgehead atoms. The molecular weight excluding hydrogens is 112 g/mol. The van der Waals surface area contributed by atoms with Crippen molar-refractivity contribution in [3.63, 3.8) is 0 Å². The van der Waals surface area contributed by atoms with E-state index < -0.39 is 0 Å². The highest BCUT2D eigenvalue weighted by atomic mass is 16.1. The summed E-state index contributed by atoms with van der Waals surface area (Å²) in [6.45, 7) is 1.73. The van der Waals surface area contributed by atoms with Crippen molar-refractivity contribution >= 4 is 5.78 Å². The Labute approximate surface area is 55.4 Å². The van der Waals surface area contributed by atoms with Gasteiger partial charge in [-0.3, -0.25) is 4.79 Å². The van der Waals surface area contributed by atoms with E-state index in [2.05, 4.69) is 0 Å². The monoisotopic (exact) mass is 124 g/mol. The summed E-state index contributed by atoms with van der Waals surface area (Å²) in [6, 6.07) is 0. The molecule has 9 heavy (non-hydrogen) atoms. The first-order valence-electron chi connectivity index (χ1n) is 3.79. The lowest BCUT2D eigenvalue weighted by Gasteiger charge is -1.88. The summed E-state index contributed by atoms with van der Waals surface area (Å²) in [6.07, 6.45) is 4.00. The highest BCUT2D eigenvalue weighted by Crippen LogP contribution is 2.54. The fourth-order valence-electron chi connectivity index (χ4n) is 1.73. The number of hydrogen-bond acceptors (Lipinski definition) is 1. The summed E-state index contributed by atoms with van der Waals surface area (Å²) in [4.78, 5) is 10.7. The Morgan fingerprint density at radius 1 is 1.44 bits per heavy atom. The molecule has 0 spiro atoms. The lowest BCUT2D eigenvalue weighted by atomic mass is 10.2. The van der Waals surface area contributed by atoms with E-state index in [1.54, 1.807) is 6.92 Å². The van der Waals surface area contributed by atoms with Gasteiger partial charge in [-0.05, 0) is 38.0 Å². The number of rotatable bonds is 2. The first kappa shape index (κ1) is 5.45. The van der Waals surface area contributed by atoms with Crippen molar-refractivity contribution in [2.75, 3.05) is 0 Å². The minimum absolute atomic E-state index is 0.423. The summed E-state index contributed by atoms with van der Waals surface area (Å²) >= 11 is 0. The van der Waals surface area contributed by atoms with E-state index in [4.69, 9.17) is 0 Å². The van der Waals surface area contributed by atoms with Crippen molar-refractivity contribution in [2.24, 2.45) is 17.8 Å². The Bertz CT molecular complexity index is 147. The summed E-state index contributed by atoms with van der Waals surface area (Å²) in [7, 11) is 0. The van der Waals surface area contributed by atoms with E-state index in [-0.39, 0.29) is 0 Å². The second-order valence-electron chi connectivity index (χ2n) is 3.45. The quantitative estimate of drug-likeness (QED) is 0.546. The fourth-order valence-corrected chi connectivity index (χ4v) is 1.73. The average molecular weight is 124 g/mol. The molecule has 0 aromatic carbocycles. The Balaban J connectivity index is 1.87. The first-order chi connectivity index (χ1) is 4.29. The topological polar surface area (TPSA) is 17.1 Å². The van der Waals surface area contributed by atoms with Gasteiger partial charge in [-0.25, -0.2) is 0 Å². The Morgan fingerprint density at radius 3 is 2.44 bits per heavy atom. The molecule has 2 atom stereocenters. The van der Waals surface area contributed by atoms with Crippen LogP contribution in [-0.2, 0) is 4.79 Å². The standard InChI is InChI=1S/C8H12O/c1-5(9)7-4-8(7)6-2-3-6/h6-8H,2-4H2,1H3/t7-,8-/m0/s1. The van der Waals surface area contributed by atoms with E-state index in [0.29, 0.717) is 11.7 Å². The average Bonchev–Trinajstić information content (AvgIpc) is 2.60. The molecule has 2 aliphatic rings. The van der Waals surface area contributed by atoms with Gasteiger partial charge in [0.15, 0.2) is 0 Å². The van der Waals surface area contributed by atoms with Crippen LogP contribution >= 0.6 is 0 Å². The van der Waals surface area contributed by atoms with Crippen molar-refractivity contribution < 1.29 is 4.79 Å². The van der Waals surface area contributed by atoms with Crippen molar-refractivity contribution in [3.05, 3.63) is 0 Å². The molecule has 1 heteroatoms. The van der Waals surface area contributed by atoms with Crippen molar-refractivity contribution in [2.45, 2.75) is 26.2 Å². The molecular formula is C8H12O. The predicted molar refractivity (Wildman–Crippen MR) is 35.0 cm³/mol. The highest BCUT2D eigenvalue weighted by Gasteiger charge is 2.49. The molecule has 0 aromatic heterocycles. The van der Waals surface area contributed by atoms with Gasteiger partial charge in [0.1, 0.15) is 5.78 Å². The van der Waals surface area contributed by atoms with Crippen molar-refractivity contribution in [3.8, 4) is 0 Å². The Kier molecular flexibility index (Phi) is 0.961. The van der Waals surface area contributed by atoms with Gasteiger partial charge in [0, 0.05) is 5.92 Å². The maximum absolute atomic E-state index is 10.7. The number of ketones is 1. The molecule has 1 nitrogen and oxygen atoms in total. The van der Waals surface area contributed by atoms with Gasteiger partial charge < -0.3 is 0 Å². The van der Waals surface area contributed by atoms with E-state index in [9.17, 15) is 4.79 Å². The van der Waals surface area contributed by atoms with Crippen LogP contribution in [0.1, 0.15) is 26.2 Å². The van der Waals surface area contributed by atoms with Crippen LogP contribution in [-0.4, -0.2) is 5.78 Å². The second kappa shape index (κ2) is 1.59. The van der Waals surface area contributed by atoms with Gasteiger partial charge in [0.05, 0.1) is 0 Å². The maximum Gasteiger partial charge on any atom is 0.133 e. The van der Waals surface area contributed by atoms with Crippen molar-refractivity contribution in [1.82, 2.24) is 0 Å². The van der Waals surface area contributed by atoms with E-state index >= 15 is 0 Å². The Hall–Kier alpha value is -0.330. The summed E-state index contributed by atoms with van der Waals surface area (Å²) in [5.74, 6) is 2.69. The highest BCUT2D eigenvalue weighted by molar-refractivity contribution is 5.81. The lowest BCUT2D eigenvalue weighted by Crippen LogP contribution is -1.95. The Morgan fingerprint density at radius 2 is 2.11 bits per heavy atom. The van der Waals surface area contributed by atoms with Gasteiger partial charge in [-0.1, -0.05) is 0 Å². The molecule has 0 aliphatic heterocycles. The zero-order chi connectivity index (χ0) is 6.43. The molecule has 0 amide bonds. The van der Waals surface area contributed by atoms with Gasteiger partial charge in [0.2, 0.25) is 0 Å². The number of carbonyl (C=O) groups excluding carboxylic acids is 1. The second-order valence-corrected chi connectivity index (χ2v) is 3.45. The van der Waals surface area contributed by atoms with Crippen LogP contribution in [0.3, 0.4) is 0 Å². The van der Waals surface area contributed by atoms with Crippen LogP contribution in [0, 0.1) is 17.8 Å². The smallest absolute Gasteiger partial charge is 0.133 e. The van der Waals surface area contributed by atoms with Gasteiger partial charge in [-0.15, -0.1) is 0 Å². The van der Waals surface area contributed by atoms with Crippen LogP contribution in [0.5, 0.6) is 0 Å². The number of carbonyl (C=O) groups is 1. The third-order valence-corrected chi connectivity index (χ3v) is 2.59. The van der Waals surface area contributed by atoms with E-state index in [1.807, 2.05) is 0 Å². The lowest BCUT2D eigenvalue weighted by molar-refractivity contribution is -0.118. The largest absolute Gasteiger partial charge is 0.300 e. The third kappa shape index (κ3) is 0.887. The minimum atomic E-state index is 0.423. The predicted octanol–water partition coefficient (Wildman–Crippen LogP) is 1.62. The van der Waals surface area contributed by atoms with Crippen LogP contribution in [0.4, 0.5) is 0 Å². The molecule has 0 saturated heterocycles. The van der Waals surface area contributed by atoms with Gasteiger partial charge in [0.25, 0.3) is 0 Å². The first-order valence-corrected chi connectivity index (χ1v) is 3.79. The van der Waals surface area contributed by atoms with E-state index in [1.165, 1.54) is 19.3 Å². The van der Waals surface area contributed by atoms with Crippen LogP contribution in [0.2, 0.25) is 0 Å². The summed E-state index contributed by atoms with van der Waals surface area (Å²) in [5, 5.41) is 0. The molecule has 0 heterocycles. The zero-order valence-electron chi connectivity index (χ0n) is 5.76. The zero-order valence-corrected chi connectivity index (χ0v) is 5.76. The van der Waals surface area contributed by atoms with Crippen molar-refractivity contribution in [1.29, 1.82) is 0 Å². The van der Waals surface area contributed by atoms with Crippen LogP contribution < -0.4 is 0 Å². The molecule has 2 rings (SSSR count). The summed E-state index contributed by atoms with van der Waals surface area (Å²) in [5.41, 5.74) is 0. The normalized spacial score (nSPS) is 40.6. The third-order valence-electron chi connectivity index (χ3n) is 2.59. The number of Topliss-reactive ketones (excluding diaryl/α,β-unsaturated/α-hetero) is 1. The molecule has 2 aliphatic carbocycles. The molecule has 50 valence electrons. The molecule has 0 aromatic rings. The van der Waals surface area contributed by atoms with Crippen LogP contribution in [0.15, 0.2) is 0 Å². The molecule has 2 fully saturated rings. The summed E-state index contributed by atoms with van der Waals surface area (Å²) < 4.78 is 0. The molecule has 2 saturated carbocycles. The minimum Gasteiger partial charge on any atom is -0.300 e. The van der Waals surface area contributed by atoms with Gasteiger partial charge >= 0.3 is 0 Å². The fraction of sp³-hybridized carbons (Fsp3) is 0.875. The molecule has 0 N–H and O–H groups in total. The number of hydrogen-bond donors (Lipinski definition) is 0. The van der Waals surface area contributed by atoms with Gasteiger partial charge in [-0.2, -0.15) is 0 Å². The molecule has 0 unspecified atom stereocenters. The molecule has 0 radical (unpaired) electrons. The van der Waals surface area contributed by atoms with Crippen LogP contribution in [0.25, 0.3) is 0 Å².